The molecule has 5 heteroatoms. The van der Waals surface area contributed by atoms with Gasteiger partial charge in [0.2, 0.25) is 0 Å². The standard InChI is InChI=1S/C16H19N5/c1-4-21-15-14(12(3)20-21)17-10-18-16(15)19-11(2)13-8-6-5-7-9-13/h5-11H,4H2,1-3H3,(H,17,18,19)/t11-/m0/s1. The van der Waals surface area contributed by atoms with Crippen LogP contribution in [0.4, 0.5) is 5.82 Å². The second-order valence-corrected chi connectivity index (χ2v) is 5.10. The average Bonchev–Trinajstić information content (AvgIpc) is 2.86. The van der Waals surface area contributed by atoms with E-state index in [2.05, 4.69) is 46.4 Å². The molecule has 21 heavy (non-hydrogen) atoms. The summed E-state index contributed by atoms with van der Waals surface area (Å²) in [5.74, 6) is 0.832. The van der Waals surface area contributed by atoms with E-state index in [0.717, 1.165) is 29.1 Å². The van der Waals surface area contributed by atoms with E-state index in [1.54, 1.807) is 6.33 Å². The molecule has 0 spiro atoms. The molecule has 1 N–H and O–H groups in total. The zero-order valence-corrected chi connectivity index (χ0v) is 12.5. The third-order valence-corrected chi connectivity index (χ3v) is 3.65. The molecule has 2 heterocycles. The molecule has 0 aliphatic carbocycles. The summed E-state index contributed by atoms with van der Waals surface area (Å²) >= 11 is 0. The molecule has 3 rings (SSSR count). The molecule has 0 saturated carbocycles. The average molecular weight is 281 g/mol. The van der Waals surface area contributed by atoms with Gasteiger partial charge in [0.1, 0.15) is 17.4 Å². The molecule has 0 aliphatic rings. The first kappa shape index (κ1) is 13.5. The van der Waals surface area contributed by atoms with Crippen molar-refractivity contribution in [2.24, 2.45) is 0 Å². The van der Waals surface area contributed by atoms with Crippen molar-refractivity contribution in [2.45, 2.75) is 33.4 Å². The van der Waals surface area contributed by atoms with Gasteiger partial charge in [0, 0.05) is 6.54 Å². The van der Waals surface area contributed by atoms with E-state index in [4.69, 9.17) is 0 Å². The molecule has 108 valence electrons. The minimum atomic E-state index is 0.171. The lowest BCUT2D eigenvalue weighted by molar-refractivity contribution is 0.675. The molecule has 1 aromatic carbocycles. The van der Waals surface area contributed by atoms with Crippen molar-refractivity contribution in [3.8, 4) is 0 Å². The van der Waals surface area contributed by atoms with Crippen molar-refractivity contribution in [2.75, 3.05) is 5.32 Å². The van der Waals surface area contributed by atoms with Crippen molar-refractivity contribution >= 4 is 16.9 Å². The molecule has 5 nitrogen and oxygen atoms in total. The van der Waals surface area contributed by atoms with E-state index in [0.29, 0.717) is 0 Å². The Labute approximate surface area is 124 Å². The second-order valence-electron chi connectivity index (χ2n) is 5.10. The predicted octanol–water partition coefficient (Wildman–Crippen LogP) is 3.33. The number of fused-ring (bicyclic) bond motifs is 1. The summed E-state index contributed by atoms with van der Waals surface area (Å²) < 4.78 is 1.95. The summed E-state index contributed by atoms with van der Waals surface area (Å²) in [5, 5.41) is 8.00. The fraction of sp³-hybridized carbons (Fsp3) is 0.312. The zero-order valence-electron chi connectivity index (χ0n) is 12.5. The van der Waals surface area contributed by atoms with Gasteiger partial charge in [-0.2, -0.15) is 5.10 Å². The Balaban J connectivity index is 2.01. The number of anilines is 1. The third-order valence-electron chi connectivity index (χ3n) is 3.65. The summed E-state index contributed by atoms with van der Waals surface area (Å²) in [5.41, 5.74) is 4.04. The summed E-state index contributed by atoms with van der Waals surface area (Å²) in [6.45, 7) is 6.98. The number of aryl methyl sites for hydroxylation is 2. The molecule has 1 atom stereocenters. The van der Waals surface area contributed by atoms with Crippen LogP contribution in [0, 0.1) is 6.92 Å². The fourth-order valence-electron chi connectivity index (χ4n) is 2.53. The third kappa shape index (κ3) is 2.46. The van der Waals surface area contributed by atoms with Gasteiger partial charge in [-0.3, -0.25) is 4.68 Å². The Kier molecular flexibility index (Phi) is 3.56. The number of hydrogen-bond acceptors (Lipinski definition) is 4. The quantitative estimate of drug-likeness (QED) is 0.797. The monoisotopic (exact) mass is 281 g/mol. The van der Waals surface area contributed by atoms with Crippen LogP contribution >= 0.6 is 0 Å². The molecule has 0 amide bonds. The van der Waals surface area contributed by atoms with Gasteiger partial charge in [-0.05, 0) is 26.3 Å². The van der Waals surface area contributed by atoms with Gasteiger partial charge >= 0.3 is 0 Å². The number of nitrogens with zero attached hydrogens (tertiary/aromatic N) is 4. The maximum atomic E-state index is 4.52. The topological polar surface area (TPSA) is 55.6 Å². The molecule has 0 unspecified atom stereocenters. The van der Waals surface area contributed by atoms with Crippen LogP contribution in [0.3, 0.4) is 0 Å². The highest BCUT2D eigenvalue weighted by molar-refractivity contribution is 5.87. The smallest absolute Gasteiger partial charge is 0.156 e. The number of hydrogen-bond donors (Lipinski definition) is 1. The summed E-state index contributed by atoms with van der Waals surface area (Å²) in [6, 6.07) is 10.5. The van der Waals surface area contributed by atoms with Gasteiger partial charge in [0.05, 0.1) is 11.7 Å². The van der Waals surface area contributed by atoms with Gasteiger partial charge in [-0.25, -0.2) is 9.97 Å². The van der Waals surface area contributed by atoms with Gasteiger partial charge in [0.15, 0.2) is 5.82 Å². The molecule has 0 bridgehead atoms. The van der Waals surface area contributed by atoms with Crippen LogP contribution in [0.1, 0.15) is 31.1 Å². The number of nitrogens with one attached hydrogen (secondary N) is 1. The molecule has 2 aromatic heterocycles. The van der Waals surface area contributed by atoms with E-state index < -0.39 is 0 Å². The van der Waals surface area contributed by atoms with Crippen molar-refractivity contribution in [1.29, 1.82) is 0 Å². The minimum Gasteiger partial charge on any atom is -0.362 e. The number of aromatic nitrogens is 4. The molecule has 0 saturated heterocycles. The van der Waals surface area contributed by atoms with Gasteiger partial charge in [0.25, 0.3) is 0 Å². The second kappa shape index (κ2) is 5.52. The van der Waals surface area contributed by atoms with Crippen molar-refractivity contribution in [3.05, 3.63) is 47.9 Å². The predicted molar refractivity (Wildman–Crippen MR) is 84.2 cm³/mol. The molecule has 3 aromatic rings. The SMILES string of the molecule is CCn1nc(C)c2ncnc(N[C@@H](C)c3ccccc3)c21. The van der Waals surface area contributed by atoms with E-state index in [-0.39, 0.29) is 6.04 Å². The highest BCUT2D eigenvalue weighted by Gasteiger charge is 2.15. The van der Waals surface area contributed by atoms with Gasteiger partial charge in [-0.1, -0.05) is 30.3 Å². The van der Waals surface area contributed by atoms with Crippen LogP contribution in [0.5, 0.6) is 0 Å². The molecular weight excluding hydrogens is 262 g/mol. The Morgan fingerprint density at radius 2 is 1.95 bits per heavy atom. The molecular formula is C16H19N5. The highest BCUT2D eigenvalue weighted by Crippen LogP contribution is 2.25. The Bertz CT molecular complexity index is 748. The first-order chi connectivity index (χ1) is 10.2. The highest BCUT2D eigenvalue weighted by atomic mass is 15.3. The van der Waals surface area contributed by atoms with E-state index in [1.165, 1.54) is 5.56 Å². The van der Waals surface area contributed by atoms with Crippen LogP contribution in [0.2, 0.25) is 0 Å². The molecule has 0 radical (unpaired) electrons. The van der Waals surface area contributed by atoms with Crippen LogP contribution in [0.15, 0.2) is 36.7 Å². The zero-order chi connectivity index (χ0) is 14.8. The van der Waals surface area contributed by atoms with E-state index in [1.807, 2.05) is 29.8 Å². The molecule has 0 aliphatic heterocycles. The fourth-order valence-corrected chi connectivity index (χ4v) is 2.53. The van der Waals surface area contributed by atoms with Crippen molar-refractivity contribution in [1.82, 2.24) is 19.7 Å². The van der Waals surface area contributed by atoms with Crippen molar-refractivity contribution < 1.29 is 0 Å². The van der Waals surface area contributed by atoms with Crippen molar-refractivity contribution in [3.63, 3.8) is 0 Å². The first-order valence-corrected chi connectivity index (χ1v) is 7.20. The maximum absolute atomic E-state index is 4.52. The first-order valence-electron chi connectivity index (χ1n) is 7.20. The van der Waals surface area contributed by atoms with Crippen LogP contribution in [-0.2, 0) is 6.54 Å². The summed E-state index contributed by atoms with van der Waals surface area (Å²) in [7, 11) is 0. The Hall–Kier alpha value is -2.43. The Morgan fingerprint density at radius 1 is 1.19 bits per heavy atom. The van der Waals surface area contributed by atoms with Gasteiger partial charge in [-0.15, -0.1) is 0 Å². The van der Waals surface area contributed by atoms with Crippen LogP contribution in [0.25, 0.3) is 11.0 Å². The normalized spacial score (nSPS) is 12.5. The van der Waals surface area contributed by atoms with Crippen LogP contribution in [-0.4, -0.2) is 19.7 Å². The largest absolute Gasteiger partial charge is 0.362 e. The number of benzene rings is 1. The van der Waals surface area contributed by atoms with Gasteiger partial charge < -0.3 is 5.32 Å². The maximum Gasteiger partial charge on any atom is 0.156 e. The lowest BCUT2D eigenvalue weighted by Gasteiger charge is -2.15. The Morgan fingerprint density at radius 3 is 2.67 bits per heavy atom. The lowest BCUT2D eigenvalue weighted by atomic mass is 10.1. The summed E-state index contributed by atoms with van der Waals surface area (Å²) in [4.78, 5) is 8.77. The minimum absolute atomic E-state index is 0.171. The number of rotatable bonds is 4. The van der Waals surface area contributed by atoms with Crippen LogP contribution < -0.4 is 5.32 Å². The molecule has 0 fully saturated rings. The lowest BCUT2D eigenvalue weighted by Crippen LogP contribution is -2.10. The summed E-state index contributed by atoms with van der Waals surface area (Å²) in [6.07, 6.45) is 1.59. The van der Waals surface area contributed by atoms with E-state index in [9.17, 15) is 0 Å². The van der Waals surface area contributed by atoms with E-state index >= 15 is 0 Å².